The van der Waals surface area contributed by atoms with Gasteiger partial charge in [0.2, 0.25) is 0 Å². The van der Waals surface area contributed by atoms with E-state index in [1.165, 1.54) is 16.3 Å². The molecule has 0 unspecified atom stereocenters. The lowest BCUT2D eigenvalue weighted by atomic mass is 10.1. The minimum atomic E-state index is -1.56. The highest BCUT2D eigenvalue weighted by Crippen LogP contribution is 2.21. The van der Waals surface area contributed by atoms with Gasteiger partial charge in [0.05, 0.1) is 0 Å². The summed E-state index contributed by atoms with van der Waals surface area (Å²) < 4.78 is 3.05. The van der Waals surface area contributed by atoms with Crippen LogP contribution in [0.4, 0.5) is 0 Å². The van der Waals surface area contributed by atoms with E-state index in [0.717, 1.165) is 10.6 Å². The Balaban J connectivity index is 1.82. The summed E-state index contributed by atoms with van der Waals surface area (Å²) in [6.07, 6.45) is 4.34. The summed E-state index contributed by atoms with van der Waals surface area (Å²) in [5.74, 6) is 0. The van der Waals surface area contributed by atoms with Gasteiger partial charge in [-0.1, -0.05) is 70.6 Å². The van der Waals surface area contributed by atoms with E-state index >= 15 is 0 Å². The third-order valence-electron chi connectivity index (χ3n) is 3.87. The van der Waals surface area contributed by atoms with Gasteiger partial charge in [-0.2, -0.15) is 5.10 Å². The van der Waals surface area contributed by atoms with Gasteiger partial charge >= 0.3 is 0 Å². The number of aromatic nitrogens is 3. The minimum Gasteiger partial charge on any atom is -0.256 e. The van der Waals surface area contributed by atoms with Gasteiger partial charge in [-0.25, -0.2) is 4.98 Å². The van der Waals surface area contributed by atoms with Crippen molar-refractivity contribution in [2.75, 3.05) is 0 Å². The van der Waals surface area contributed by atoms with Gasteiger partial charge in [-0.15, -0.1) is 0 Å². The first-order valence-electron chi connectivity index (χ1n) is 7.23. The van der Waals surface area contributed by atoms with Crippen molar-refractivity contribution >= 4 is 29.2 Å². The lowest BCUT2D eigenvalue weighted by Gasteiger charge is -2.22. The molecule has 0 aliphatic rings. The average Bonchev–Trinajstić information content (AvgIpc) is 3.00. The minimum absolute atomic E-state index is 0.949. The van der Waals surface area contributed by atoms with Gasteiger partial charge in [0.25, 0.3) is 0 Å². The molecule has 0 aliphatic carbocycles. The second-order valence-electron chi connectivity index (χ2n) is 6.06. The molecular weight excluding hydrogens is 354 g/mol. The van der Waals surface area contributed by atoms with Gasteiger partial charge in [0.15, 0.2) is 0 Å². The number of hydrogen-bond donors (Lipinski definition) is 0. The van der Waals surface area contributed by atoms with Crippen LogP contribution in [-0.4, -0.2) is 22.8 Å². The van der Waals surface area contributed by atoms with Crippen LogP contribution in [0.2, 0.25) is 13.1 Å². The molecule has 2 aromatic carbocycles. The lowest BCUT2D eigenvalue weighted by Crippen LogP contribution is -2.45. The molecule has 0 radical (unpaired) electrons. The van der Waals surface area contributed by atoms with Crippen molar-refractivity contribution in [3.05, 3.63) is 65.7 Å². The molecular formula is C17H18BrN3Si. The summed E-state index contributed by atoms with van der Waals surface area (Å²) in [5, 5.41) is 5.67. The molecule has 0 amide bonds. The van der Waals surface area contributed by atoms with Gasteiger partial charge in [-0.3, -0.25) is 4.68 Å². The predicted molar refractivity (Wildman–Crippen MR) is 96.7 cm³/mol. The molecule has 0 aliphatic heterocycles. The fraction of sp³-hybridized carbons (Fsp3) is 0.176. The van der Waals surface area contributed by atoms with Gasteiger partial charge in [0.1, 0.15) is 20.7 Å². The zero-order valence-corrected chi connectivity index (χ0v) is 15.3. The fourth-order valence-electron chi connectivity index (χ4n) is 2.57. The van der Waals surface area contributed by atoms with Crippen LogP contribution in [0.25, 0.3) is 11.1 Å². The zero-order chi connectivity index (χ0) is 15.6. The largest absolute Gasteiger partial charge is 0.256 e. The van der Waals surface area contributed by atoms with E-state index in [0.29, 0.717) is 0 Å². The monoisotopic (exact) mass is 371 g/mol. The molecule has 3 rings (SSSR count). The Morgan fingerprint density at radius 2 is 1.55 bits per heavy atom. The Bertz CT molecular complexity index is 735. The molecule has 1 aromatic heterocycles. The highest BCUT2D eigenvalue weighted by Gasteiger charge is 2.24. The Kier molecular flexibility index (Phi) is 4.27. The SMILES string of the molecule is C[Si](C)(Cn1cncn1)c1ccc(-c2ccc(Br)cc2)cc1. The van der Waals surface area contributed by atoms with E-state index in [2.05, 4.69) is 87.6 Å². The summed E-state index contributed by atoms with van der Waals surface area (Å²) in [4.78, 5) is 4.03. The van der Waals surface area contributed by atoms with Crippen molar-refractivity contribution in [3.8, 4) is 11.1 Å². The normalized spacial score (nSPS) is 11.6. The van der Waals surface area contributed by atoms with Crippen molar-refractivity contribution in [1.29, 1.82) is 0 Å². The van der Waals surface area contributed by atoms with E-state index < -0.39 is 8.07 Å². The number of benzene rings is 2. The van der Waals surface area contributed by atoms with E-state index in [1.54, 1.807) is 12.7 Å². The van der Waals surface area contributed by atoms with Crippen molar-refractivity contribution in [2.24, 2.45) is 0 Å². The number of hydrogen-bond acceptors (Lipinski definition) is 2. The molecule has 1 heterocycles. The molecule has 0 atom stereocenters. The molecule has 112 valence electrons. The Hall–Kier alpha value is -1.72. The van der Waals surface area contributed by atoms with E-state index in [9.17, 15) is 0 Å². The maximum atomic E-state index is 4.24. The Labute approximate surface area is 140 Å². The third-order valence-corrected chi connectivity index (χ3v) is 7.41. The van der Waals surface area contributed by atoms with Crippen LogP contribution < -0.4 is 5.19 Å². The Morgan fingerprint density at radius 1 is 0.955 bits per heavy atom. The highest BCUT2D eigenvalue weighted by atomic mass is 79.9. The molecule has 0 N–H and O–H groups in total. The molecule has 0 fully saturated rings. The molecule has 0 saturated heterocycles. The van der Waals surface area contributed by atoms with E-state index in [1.807, 2.05) is 4.68 Å². The maximum absolute atomic E-state index is 4.24. The molecule has 0 saturated carbocycles. The molecule has 22 heavy (non-hydrogen) atoms. The quantitative estimate of drug-likeness (QED) is 0.651. The van der Waals surface area contributed by atoms with Crippen LogP contribution in [0.3, 0.4) is 0 Å². The Morgan fingerprint density at radius 3 is 2.09 bits per heavy atom. The topological polar surface area (TPSA) is 30.7 Å². The first kappa shape index (κ1) is 15.2. The maximum Gasteiger partial charge on any atom is 0.137 e. The van der Waals surface area contributed by atoms with Crippen molar-refractivity contribution in [1.82, 2.24) is 14.8 Å². The standard InChI is InChI=1S/C17H18BrN3Si/c1-22(2,13-21-12-19-11-20-21)17-9-5-15(6-10-17)14-3-7-16(18)8-4-14/h3-12H,13H2,1-2H3. The van der Waals surface area contributed by atoms with Gasteiger partial charge < -0.3 is 0 Å². The summed E-state index contributed by atoms with van der Waals surface area (Å²) >= 11 is 3.48. The molecule has 3 aromatic rings. The average molecular weight is 372 g/mol. The predicted octanol–water partition coefficient (Wildman–Crippen LogP) is 3.86. The first-order chi connectivity index (χ1) is 10.5. The second-order valence-corrected chi connectivity index (χ2v) is 11.6. The van der Waals surface area contributed by atoms with Gasteiger partial charge in [0, 0.05) is 10.6 Å². The van der Waals surface area contributed by atoms with Crippen LogP contribution >= 0.6 is 15.9 Å². The number of nitrogens with zero attached hydrogens (tertiary/aromatic N) is 3. The second kappa shape index (κ2) is 6.18. The van der Waals surface area contributed by atoms with Crippen molar-refractivity contribution in [2.45, 2.75) is 19.3 Å². The number of halogens is 1. The summed E-state index contributed by atoms with van der Waals surface area (Å²) in [7, 11) is -1.56. The van der Waals surface area contributed by atoms with E-state index in [-0.39, 0.29) is 0 Å². The molecule has 5 heteroatoms. The smallest absolute Gasteiger partial charge is 0.137 e. The van der Waals surface area contributed by atoms with Crippen LogP contribution in [0, 0.1) is 0 Å². The third kappa shape index (κ3) is 3.36. The number of rotatable bonds is 4. The van der Waals surface area contributed by atoms with E-state index in [4.69, 9.17) is 0 Å². The fourth-order valence-corrected chi connectivity index (χ4v) is 5.06. The molecule has 3 nitrogen and oxygen atoms in total. The van der Waals surface area contributed by atoms with Gasteiger partial charge in [-0.05, 0) is 23.3 Å². The van der Waals surface area contributed by atoms with Crippen molar-refractivity contribution < 1.29 is 0 Å². The lowest BCUT2D eigenvalue weighted by molar-refractivity contribution is 0.725. The van der Waals surface area contributed by atoms with Crippen LogP contribution in [0.1, 0.15) is 0 Å². The van der Waals surface area contributed by atoms with Crippen LogP contribution in [0.5, 0.6) is 0 Å². The summed E-state index contributed by atoms with van der Waals surface area (Å²) in [6, 6.07) is 17.4. The van der Waals surface area contributed by atoms with Crippen LogP contribution in [0.15, 0.2) is 65.7 Å². The molecule has 0 bridgehead atoms. The summed E-state index contributed by atoms with van der Waals surface area (Å²) in [5.41, 5.74) is 2.49. The summed E-state index contributed by atoms with van der Waals surface area (Å²) in [6.45, 7) is 4.73. The zero-order valence-electron chi connectivity index (χ0n) is 12.7. The van der Waals surface area contributed by atoms with Crippen LogP contribution in [-0.2, 0) is 6.17 Å². The van der Waals surface area contributed by atoms with Crippen molar-refractivity contribution in [3.63, 3.8) is 0 Å². The molecule has 0 spiro atoms. The first-order valence-corrected chi connectivity index (χ1v) is 11.2. The highest BCUT2D eigenvalue weighted by molar-refractivity contribution is 9.10.